The van der Waals surface area contributed by atoms with Crippen LogP contribution in [0.4, 0.5) is 4.39 Å². The van der Waals surface area contributed by atoms with Gasteiger partial charge in [-0.2, -0.15) is 0 Å². The summed E-state index contributed by atoms with van der Waals surface area (Å²) >= 11 is 6.07. The average molecular weight is 279 g/mol. The third kappa shape index (κ3) is 3.55. The predicted octanol–water partition coefficient (Wildman–Crippen LogP) is 4.11. The van der Waals surface area contributed by atoms with Crippen LogP contribution in [-0.2, 0) is 6.42 Å². The van der Waals surface area contributed by atoms with Crippen molar-refractivity contribution < 1.29 is 9.50 Å². The quantitative estimate of drug-likeness (QED) is 0.892. The van der Waals surface area contributed by atoms with Crippen molar-refractivity contribution in [2.45, 2.75) is 19.3 Å². The van der Waals surface area contributed by atoms with Crippen molar-refractivity contribution in [3.8, 4) is 0 Å². The number of hydrogen-bond acceptors (Lipinski definition) is 1. The molecule has 2 rings (SSSR count). The third-order valence-electron chi connectivity index (χ3n) is 3.21. The van der Waals surface area contributed by atoms with Gasteiger partial charge in [0.05, 0.1) is 6.61 Å². The summed E-state index contributed by atoms with van der Waals surface area (Å²) in [5, 5.41) is 10.1. The van der Waals surface area contributed by atoms with E-state index in [1.165, 1.54) is 12.1 Å². The van der Waals surface area contributed by atoms with E-state index in [-0.39, 0.29) is 18.3 Å². The van der Waals surface area contributed by atoms with E-state index in [1.54, 1.807) is 6.07 Å². The summed E-state index contributed by atoms with van der Waals surface area (Å²) in [6, 6.07) is 12.3. The largest absolute Gasteiger partial charge is 0.396 e. The highest BCUT2D eigenvalue weighted by molar-refractivity contribution is 6.31. The minimum Gasteiger partial charge on any atom is -0.396 e. The van der Waals surface area contributed by atoms with Gasteiger partial charge in [-0.1, -0.05) is 41.4 Å². The summed E-state index contributed by atoms with van der Waals surface area (Å²) in [4.78, 5) is 0. The van der Waals surface area contributed by atoms with Crippen molar-refractivity contribution in [2.75, 3.05) is 6.61 Å². The Labute approximate surface area is 117 Å². The highest BCUT2D eigenvalue weighted by Crippen LogP contribution is 2.26. The van der Waals surface area contributed by atoms with Crippen molar-refractivity contribution in [1.82, 2.24) is 0 Å². The van der Waals surface area contributed by atoms with E-state index in [9.17, 15) is 9.50 Å². The Morgan fingerprint density at radius 2 is 2.00 bits per heavy atom. The first-order valence-electron chi connectivity index (χ1n) is 6.21. The van der Waals surface area contributed by atoms with Crippen LogP contribution in [0.5, 0.6) is 0 Å². The Hall–Kier alpha value is -1.38. The molecule has 100 valence electrons. The molecule has 0 aliphatic carbocycles. The zero-order chi connectivity index (χ0) is 13.8. The average Bonchev–Trinajstić information content (AvgIpc) is 2.39. The Bertz CT molecular complexity index is 568. The molecule has 2 aromatic rings. The van der Waals surface area contributed by atoms with Crippen LogP contribution in [0.15, 0.2) is 42.5 Å². The monoisotopic (exact) mass is 278 g/mol. The molecule has 0 aliphatic rings. The highest BCUT2D eigenvalue weighted by Gasteiger charge is 2.14. The summed E-state index contributed by atoms with van der Waals surface area (Å²) in [6.07, 6.45) is 0.524. The fraction of sp³-hybridized carbons (Fsp3) is 0.250. The van der Waals surface area contributed by atoms with E-state index < -0.39 is 0 Å². The van der Waals surface area contributed by atoms with Gasteiger partial charge in [-0.25, -0.2) is 4.39 Å². The molecular weight excluding hydrogens is 263 g/mol. The second-order valence-corrected chi connectivity index (χ2v) is 5.14. The lowest BCUT2D eigenvalue weighted by atomic mass is 9.92. The molecule has 1 atom stereocenters. The van der Waals surface area contributed by atoms with E-state index in [0.717, 1.165) is 16.7 Å². The van der Waals surface area contributed by atoms with Crippen molar-refractivity contribution >= 4 is 11.6 Å². The number of rotatable bonds is 4. The Balaban J connectivity index is 2.26. The molecular formula is C16H16ClFO. The molecule has 0 fully saturated rings. The molecule has 0 aromatic heterocycles. The Kier molecular flexibility index (Phi) is 4.56. The van der Waals surface area contributed by atoms with Gasteiger partial charge in [0.2, 0.25) is 0 Å². The topological polar surface area (TPSA) is 20.2 Å². The lowest BCUT2D eigenvalue weighted by molar-refractivity contribution is 0.264. The standard InChI is InChI=1S/C16H16ClFO/c1-11-3-2-4-12(7-11)14(10-19)8-13-9-15(18)5-6-16(13)17/h2-7,9,14,19H,8,10H2,1H3. The number of hydrogen-bond donors (Lipinski definition) is 1. The maximum Gasteiger partial charge on any atom is 0.123 e. The number of benzene rings is 2. The molecule has 2 aromatic carbocycles. The van der Waals surface area contributed by atoms with Gasteiger partial charge in [-0.15, -0.1) is 0 Å². The van der Waals surface area contributed by atoms with E-state index in [1.807, 2.05) is 31.2 Å². The minimum absolute atomic E-state index is 0.0102. The van der Waals surface area contributed by atoms with E-state index in [4.69, 9.17) is 11.6 Å². The summed E-state index contributed by atoms with van der Waals surface area (Å²) in [5.41, 5.74) is 2.91. The number of aryl methyl sites for hydroxylation is 1. The van der Waals surface area contributed by atoms with Crippen LogP contribution in [0.25, 0.3) is 0 Å². The third-order valence-corrected chi connectivity index (χ3v) is 3.58. The predicted molar refractivity (Wildman–Crippen MR) is 76.1 cm³/mol. The van der Waals surface area contributed by atoms with Gasteiger partial charge in [0.1, 0.15) is 5.82 Å². The minimum atomic E-state index is -0.305. The molecule has 0 spiro atoms. The van der Waals surface area contributed by atoms with Gasteiger partial charge < -0.3 is 5.11 Å². The fourth-order valence-electron chi connectivity index (χ4n) is 2.18. The number of halogens is 2. The first kappa shape index (κ1) is 14.0. The van der Waals surface area contributed by atoms with Crippen molar-refractivity contribution in [1.29, 1.82) is 0 Å². The molecule has 1 nitrogen and oxygen atoms in total. The summed E-state index contributed by atoms with van der Waals surface area (Å²) in [6.45, 7) is 2.02. The van der Waals surface area contributed by atoms with Crippen LogP contribution in [0.3, 0.4) is 0 Å². The lowest BCUT2D eigenvalue weighted by Gasteiger charge is -2.16. The maximum absolute atomic E-state index is 13.2. The van der Waals surface area contributed by atoms with Gasteiger partial charge in [-0.05, 0) is 42.7 Å². The SMILES string of the molecule is Cc1cccc(C(CO)Cc2cc(F)ccc2Cl)c1. The van der Waals surface area contributed by atoms with Crippen LogP contribution in [0, 0.1) is 12.7 Å². The molecule has 0 aliphatic heterocycles. The normalized spacial score (nSPS) is 12.4. The zero-order valence-electron chi connectivity index (χ0n) is 10.7. The number of aliphatic hydroxyl groups is 1. The van der Waals surface area contributed by atoms with Crippen LogP contribution >= 0.6 is 11.6 Å². The molecule has 0 amide bonds. The second-order valence-electron chi connectivity index (χ2n) is 4.73. The Morgan fingerprint density at radius 1 is 1.21 bits per heavy atom. The molecule has 0 saturated heterocycles. The maximum atomic E-state index is 13.2. The van der Waals surface area contributed by atoms with Crippen LogP contribution in [0.1, 0.15) is 22.6 Å². The molecule has 0 heterocycles. The van der Waals surface area contributed by atoms with Gasteiger partial charge in [0.15, 0.2) is 0 Å². The van der Waals surface area contributed by atoms with E-state index in [0.29, 0.717) is 11.4 Å². The van der Waals surface area contributed by atoms with E-state index in [2.05, 4.69) is 0 Å². The zero-order valence-corrected chi connectivity index (χ0v) is 11.5. The van der Waals surface area contributed by atoms with Gasteiger partial charge >= 0.3 is 0 Å². The number of aliphatic hydroxyl groups excluding tert-OH is 1. The van der Waals surface area contributed by atoms with E-state index >= 15 is 0 Å². The smallest absolute Gasteiger partial charge is 0.123 e. The molecule has 1 unspecified atom stereocenters. The molecule has 0 bridgehead atoms. The summed E-state index contributed by atoms with van der Waals surface area (Å²) in [5.74, 6) is -0.375. The van der Waals surface area contributed by atoms with Crippen LogP contribution in [-0.4, -0.2) is 11.7 Å². The molecule has 1 N–H and O–H groups in total. The van der Waals surface area contributed by atoms with Gasteiger partial charge in [-0.3, -0.25) is 0 Å². The van der Waals surface area contributed by atoms with Gasteiger partial charge in [0.25, 0.3) is 0 Å². The molecule has 0 saturated carbocycles. The van der Waals surface area contributed by atoms with Crippen LogP contribution in [0.2, 0.25) is 5.02 Å². The first-order chi connectivity index (χ1) is 9.10. The van der Waals surface area contributed by atoms with Crippen LogP contribution < -0.4 is 0 Å². The molecule has 3 heteroatoms. The molecule has 19 heavy (non-hydrogen) atoms. The molecule has 0 radical (unpaired) electrons. The van der Waals surface area contributed by atoms with Gasteiger partial charge in [0, 0.05) is 10.9 Å². The fourth-order valence-corrected chi connectivity index (χ4v) is 2.37. The Morgan fingerprint density at radius 3 is 2.68 bits per heavy atom. The summed E-state index contributed by atoms with van der Waals surface area (Å²) < 4.78 is 13.2. The second kappa shape index (κ2) is 6.18. The lowest BCUT2D eigenvalue weighted by Crippen LogP contribution is -2.08. The summed E-state index contributed by atoms with van der Waals surface area (Å²) in [7, 11) is 0. The highest BCUT2D eigenvalue weighted by atomic mass is 35.5. The van der Waals surface area contributed by atoms with Crippen molar-refractivity contribution in [3.05, 3.63) is 70.0 Å². The van der Waals surface area contributed by atoms with Crippen molar-refractivity contribution in [2.24, 2.45) is 0 Å². The first-order valence-corrected chi connectivity index (χ1v) is 6.59. The van der Waals surface area contributed by atoms with Crippen molar-refractivity contribution in [3.63, 3.8) is 0 Å².